The summed E-state index contributed by atoms with van der Waals surface area (Å²) in [5.74, 6) is 0.686. The molecule has 15 heavy (non-hydrogen) atoms. The molecule has 2 nitrogen and oxygen atoms in total. The van der Waals surface area contributed by atoms with Gasteiger partial charge in [-0.1, -0.05) is 38.4 Å². The maximum absolute atomic E-state index is 9.76. The van der Waals surface area contributed by atoms with Crippen LogP contribution < -0.4 is 4.74 Å². The predicted octanol–water partition coefficient (Wildman–Crippen LogP) is 3.13. The van der Waals surface area contributed by atoms with Gasteiger partial charge in [0, 0.05) is 5.02 Å². The first-order chi connectivity index (χ1) is 6.89. The quantitative estimate of drug-likeness (QED) is 0.862. The van der Waals surface area contributed by atoms with Crippen LogP contribution in [0.3, 0.4) is 0 Å². The molecule has 0 aliphatic heterocycles. The van der Waals surface area contributed by atoms with E-state index in [0.717, 1.165) is 0 Å². The topological polar surface area (TPSA) is 29.5 Å². The van der Waals surface area contributed by atoms with Gasteiger partial charge in [-0.2, -0.15) is 0 Å². The smallest absolute Gasteiger partial charge is 0.120 e. The van der Waals surface area contributed by atoms with Crippen molar-refractivity contribution in [1.82, 2.24) is 0 Å². The molecule has 0 bridgehead atoms. The average Bonchev–Trinajstić information content (AvgIpc) is 2.12. The largest absolute Gasteiger partial charge is 0.491 e. The molecule has 0 spiro atoms. The number of hydrogen-bond donors (Lipinski definition) is 1. The van der Waals surface area contributed by atoms with Gasteiger partial charge in [-0.05, 0) is 23.6 Å². The molecule has 3 heteroatoms. The highest BCUT2D eigenvalue weighted by Gasteiger charge is 2.22. The Morgan fingerprint density at radius 3 is 2.60 bits per heavy atom. The first-order valence-corrected chi connectivity index (χ1v) is 5.34. The molecule has 0 amide bonds. The van der Waals surface area contributed by atoms with Crippen LogP contribution in [-0.2, 0) is 0 Å². The second-order valence-corrected chi connectivity index (χ2v) is 5.09. The highest BCUT2D eigenvalue weighted by Crippen LogP contribution is 2.21. The van der Waals surface area contributed by atoms with E-state index >= 15 is 0 Å². The van der Waals surface area contributed by atoms with Gasteiger partial charge < -0.3 is 9.84 Å². The first-order valence-electron chi connectivity index (χ1n) is 4.96. The van der Waals surface area contributed by atoms with Crippen LogP contribution in [-0.4, -0.2) is 17.8 Å². The van der Waals surface area contributed by atoms with Crippen LogP contribution in [0.25, 0.3) is 0 Å². The number of rotatable bonds is 3. The molecule has 1 unspecified atom stereocenters. The van der Waals surface area contributed by atoms with Crippen LogP contribution in [0, 0.1) is 5.41 Å². The third-order valence-electron chi connectivity index (χ3n) is 2.20. The van der Waals surface area contributed by atoms with E-state index in [9.17, 15) is 5.11 Å². The van der Waals surface area contributed by atoms with Crippen LogP contribution in [0.5, 0.6) is 5.75 Å². The molecular formula is C12H17ClO2. The Balaban J connectivity index is 2.51. The molecule has 1 N–H and O–H groups in total. The Hall–Kier alpha value is -0.730. The van der Waals surface area contributed by atoms with Crippen molar-refractivity contribution in [3.8, 4) is 5.75 Å². The molecule has 0 heterocycles. The summed E-state index contributed by atoms with van der Waals surface area (Å²) in [4.78, 5) is 0. The lowest BCUT2D eigenvalue weighted by molar-refractivity contribution is 0.0218. The van der Waals surface area contributed by atoms with Crippen molar-refractivity contribution >= 4 is 11.6 Å². The van der Waals surface area contributed by atoms with Gasteiger partial charge in [-0.15, -0.1) is 0 Å². The zero-order valence-electron chi connectivity index (χ0n) is 9.33. The molecule has 84 valence electrons. The van der Waals surface area contributed by atoms with Crippen molar-refractivity contribution in [2.45, 2.75) is 26.9 Å². The minimum atomic E-state index is -0.489. The standard InChI is InChI=1S/C12H17ClO2/c1-12(2,3)11(14)8-15-10-6-4-5-9(13)7-10/h4-7,11,14H,8H2,1-3H3. The zero-order chi connectivity index (χ0) is 11.5. The fourth-order valence-corrected chi connectivity index (χ4v) is 1.16. The summed E-state index contributed by atoms with van der Waals surface area (Å²) in [5, 5.41) is 10.4. The van der Waals surface area contributed by atoms with E-state index in [1.165, 1.54) is 0 Å². The van der Waals surface area contributed by atoms with Gasteiger partial charge in [0.2, 0.25) is 0 Å². The lowest BCUT2D eigenvalue weighted by Crippen LogP contribution is -2.31. The second kappa shape index (κ2) is 4.86. The minimum absolute atomic E-state index is 0.168. The summed E-state index contributed by atoms with van der Waals surface area (Å²) in [5.41, 5.74) is -0.168. The molecule has 1 atom stereocenters. The molecular weight excluding hydrogens is 212 g/mol. The summed E-state index contributed by atoms with van der Waals surface area (Å²) in [6.45, 7) is 6.20. The first kappa shape index (κ1) is 12.3. The van der Waals surface area contributed by atoms with Gasteiger partial charge in [0.1, 0.15) is 12.4 Å². The van der Waals surface area contributed by atoms with Gasteiger partial charge in [0.05, 0.1) is 6.10 Å². The Labute approximate surface area is 95.8 Å². The van der Waals surface area contributed by atoms with Crippen LogP contribution in [0.2, 0.25) is 5.02 Å². The van der Waals surface area contributed by atoms with E-state index in [1.807, 2.05) is 32.9 Å². The van der Waals surface area contributed by atoms with E-state index in [4.69, 9.17) is 16.3 Å². The number of benzene rings is 1. The molecule has 0 aliphatic carbocycles. The molecule has 0 saturated carbocycles. The summed E-state index contributed by atoms with van der Waals surface area (Å²) < 4.78 is 5.44. The van der Waals surface area contributed by atoms with Crippen molar-refractivity contribution in [2.75, 3.05) is 6.61 Å². The molecule has 1 aromatic rings. The number of aliphatic hydroxyl groups is 1. The SMILES string of the molecule is CC(C)(C)C(O)COc1cccc(Cl)c1. The number of halogens is 1. The van der Waals surface area contributed by atoms with Crippen LogP contribution in [0.1, 0.15) is 20.8 Å². The maximum atomic E-state index is 9.76. The molecule has 0 radical (unpaired) electrons. The summed E-state index contributed by atoms with van der Waals surface area (Å²) >= 11 is 5.81. The highest BCUT2D eigenvalue weighted by atomic mass is 35.5. The normalized spacial score (nSPS) is 13.7. The van der Waals surface area contributed by atoms with Gasteiger partial charge in [0.15, 0.2) is 0 Å². The van der Waals surface area contributed by atoms with Gasteiger partial charge in [-0.25, -0.2) is 0 Å². The third-order valence-corrected chi connectivity index (χ3v) is 2.44. The number of ether oxygens (including phenoxy) is 1. The predicted molar refractivity (Wildman–Crippen MR) is 62.4 cm³/mol. The zero-order valence-corrected chi connectivity index (χ0v) is 10.1. The van der Waals surface area contributed by atoms with Crippen LogP contribution in [0.4, 0.5) is 0 Å². The summed E-state index contributed by atoms with van der Waals surface area (Å²) in [6, 6.07) is 7.16. The number of hydrogen-bond acceptors (Lipinski definition) is 2. The molecule has 0 fully saturated rings. The second-order valence-electron chi connectivity index (χ2n) is 4.65. The minimum Gasteiger partial charge on any atom is -0.491 e. The molecule has 1 rings (SSSR count). The van der Waals surface area contributed by atoms with Crippen molar-refractivity contribution in [1.29, 1.82) is 0 Å². The summed E-state index contributed by atoms with van der Waals surface area (Å²) in [7, 11) is 0. The van der Waals surface area contributed by atoms with Gasteiger partial charge in [0.25, 0.3) is 0 Å². The van der Waals surface area contributed by atoms with E-state index < -0.39 is 6.10 Å². The Kier molecular flexibility index (Phi) is 4.00. The van der Waals surface area contributed by atoms with Gasteiger partial charge in [-0.3, -0.25) is 0 Å². The Morgan fingerprint density at radius 2 is 2.07 bits per heavy atom. The summed E-state index contributed by atoms with van der Waals surface area (Å²) in [6.07, 6.45) is -0.489. The van der Waals surface area contributed by atoms with Crippen molar-refractivity contribution in [3.05, 3.63) is 29.3 Å². The van der Waals surface area contributed by atoms with Crippen molar-refractivity contribution < 1.29 is 9.84 Å². The van der Waals surface area contributed by atoms with Crippen LogP contribution >= 0.6 is 11.6 Å². The number of aliphatic hydroxyl groups excluding tert-OH is 1. The fraction of sp³-hybridized carbons (Fsp3) is 0.500. The Bertz CT molecular complexity index is 318. The molecule has 1 aromatic carbocycles. The Morgan fingerprint density at radius 1 is 1.40 bits per heavy atom. The monoisotopic (exact) mass is 228 g/mol. The van der Waals surface area contributed by atoms with Crippen molar-refractivity contribution in [2.24, 2.45) is 5.41 Å². The van der Waals surface area contributed by atoms with E-state index in [-0.39, 0.29) is 12.0 Å². The van der Waals surface area contributed by atoms with Crippen molar-refractivity contribution in [3.63, 3.8) is 0 Å². The molecule has 0 aliphatic rings. The maximum Gasteiger partial charge on any atom is 0.120 e. The molecule has 0 aromatic heterocycles. The fourth-order valence-electron chi connectivity index (χ4n) is 0.982. The highest BCUT2D eigenvalue weighted by molar-refractivity contribution is 6.30. The van der Waals surface area contributed by atoms with E-state index in [2.05, 4.69) is 0 Å². The van der Waals surface area contributed by atoms with E-state index in [1.54, 1.807) is 12.1 Å². The molecule has 0 saturated heterocycles. The van der Waals surface area contributed by atoms with Gasteiger partial charge >= 0.3 is 0 Å². The lowest BCUT2D eigenvalue weighted by Gasteiger charge is -2.25. The van der Waals surface area contributed by atoms with E-state index in [0.29, 0.717) is 10.8 Å². The third kappa shape index (κ3) is 4.10. The lowest BCUT2D eigenvalue weighted by atomic mass is 9.90. The average molecular weight is 229 g/mol. The van der Waals surface area contributed by atoms with Crippen LogP contribution in [0.15, 0.2) is 24.3 Å².